The van der Waals surface area contributed by atoms with E-state index in [4.69, 9.17) is 5.73 Å². The molecule has 4 heteroatoms. The molecule has 1 saturated heterocycles. The zero-order chi connectivity index (χ0) is 10.8. The van der Waals surface area contributed by atoms with Gasteiger partial charge in [-0.25, -0.2) is 0 Å². The number of hydrogen-bond donors (Lipinski definition) is 2. The van der Waals surface area contributed by atoms with E-state index in [0.717, 1.165) is 0 Å². The molecule has 1 rings (SSSR count). The van der Waals surface area contributed by atoms with Gasteiger partial charge >= 0.3 is 0 Å². The predicted octanol–water partition coefficient (Wildman–Crippen LogP) is -0.0454. The second-order valence-corrected chi connectivity index (χ2v) is 4.61. The number of aliphatic hydroxyl groups is 1. The van der Waals surface area contributed by atoms with Gasteiger partial charge in [0, 0.05) is 19.5 Å². The van der Waals surface area contributed by atoms with Crippen molar-refractivity contribution in [2.75, 3.05) is 19.6 Å². The first kappa shape index (κ1) is 11.5. The second kappa shape index (κ2) is 4.28. The zero-order valence-corrected chi connectivity index (χ0v) is 8.99. The van der Waals surface area contributed by atoms with Gasteiger partial charge in [-0.3, -0.25) is 4.79 Å². The minimum Gasteiger partial charge on any atom is -0.388 e. The molecule has 1 aliphatic rings. The normalized spacial score (nSPS) is 29.3. The lowest BCUT2D eigenvalue weighted by atomic mass is 10.1. The van der Waals surface area contributed by atoms with E-state index in [0.29, 0.717) is 32.5 Å². The molecule has 3 N–H and O–H groups in total. The summed E-state index contributed by atoms with van der Waals surface area (Å²) >= 11 is 0. The fraction of sp³-hybridized carbons (Fsp3) is 0.900. The highest BCUT2D eigenvalue weighted by Crippen LogP contribution is 2.21. The molecule has 0 aromatic heterocycles. The first-order valence-corrected chi connectivity index (χ1v) is 5.15. The highest BCUT2D eigenvalue weighted by atomic mass is 16.3. The standard InChI is InChI=1S/C10H20N2O2/c1-8(6-11)5-9(13)12-4-3-10(2,14)7-12/h8,14H,3-7,11H2,1-2H3. The van der Waals surface area contributed by atoms with Crippen molar-refractivity contribution in [2.45, 2.75) is 32.3 Å². The Balaban J connectivity index is 2.40. The van der Waals surface area contributed by atoms with Gasteiger partial charge in [0.1, 0.15) is 0 Å². The van der Waals surface area contributed by atoms with Crippen molar-refractivity contribution >= 4 is 5.91 Å². The number of carbonyl (C=O) groups excluding carboxylic acids is 1. The molecule has 0 radical (unpaired) electrons. The van der Waals surface area contributed by atoms with Crippen molar-refractivity contribution in [1.29, 1.82) is 0 Å². The fourth-order valence-electron chi connectivity index (χ4n) is 1.67. The van der Waals surface area contributed by atoms with Gasteiger partial charge in [0.05, 0.1) is 5.60 Å². The largest absolute Gasteiger partial charge is 0.388 e. The molecule has 2 atom stereocenters. The number of likely N-dealkylation sites (tertiary alicyclic amines) is 1. The van der Waals surface area contributed by atoms with Crippen molar-refractivity contribution in [3.05, 3.63) is 0 Å². The Morgan fingerprint density at radius 2 is 2.36 bits per heavy atom. The molecule has 0 saturated carbocycles. The van der Waals surface area contributed by atoms with E-state index in [2.05, 4.69) is 0 Å². The van der Waals surface area contributed by atoms with Crippen LogP contribution in [-0.4, -0.2) is 41.1 Å². The number of β-amino-alcohol motifs (C(OH)–C–C–N with tert-alkyl or cyclic N) is 1. The van der Waals surface area contributed by atoms with Gasteiger partial charge in [-0.15, -0.1) is 0 Å². The molecule has 1 aliphatic heterocycles. The maximum absolute atomic E-state index is 11.7. The fourth-order valence-corrected chi connectivity index (χ4v) is 1.67. The van der Waals surface area contributed by atoms with Crippen LogP contribution in [0.1, 0.15) is 26.7 Å². The van der Waals surface area contributed by atoms with Gasteiger partial charge in [0.15, 0.2) is 0 Å². The van der Waals surface area contributed by atoms with E-state index in [1.54, 1.807) is 11.8 Å². The summed E-state index contributed by atoms with van der Waals surface area (Å²) in [6, 6.07) is 0. The zero-order valence-electron chi connectivity index (χ0n) is 8.99. The lowest BCUT2D eigenvalue weighted by Crippen LogP contribution is -2.35. The molecule has 0 aromatic carbocycles. The van der Waals surface area contributed by atoms with Gasteiger partial charge in [-0.1, -0.05) is 6.92 Å². The van der Waals surface area contributed by atoms with Crippen LogP contribution in [0.25, 0.3) is 0 Å². The maximum Gasteiger partial charge on any atom is 0.222 e. The molecule has 4 nitrogen and oxygen atoms in total. The highest BCUT2D eigenvalue weighted by Gasteiger charge is 2.33. The van der Waals surface area contributed by atoms with Crippen molar-refractivity contribution < 1.29 is 9.90 Å². The van der Waals surface area contributed by atoms with Crippen LogP contribution in [0.5, 0.6) is 0 Å². The van der Waals surface area contributed by atoms with Gasteiger partial charge in [-0.2, -0.15) is 0 Å². The van der Waals surface area contributed by atoms with Crippen molar-refractivity contribution in [3.63, 3.8) is 0 Å². The minimum absolute atomic E-state index is 0.112. The molecule has 0 aliphatic carbocycles. The van der Waals surface area contributed by atoms with Crippen LogP contribution in [0.4, 0.5) is 0 Å². The van der Waals surface area contributed by atoms with Gasteiger partial charge in [0.25, 0.3) is 0 Å². The highest BCUT2D eigenvalue weighted by molar-refractivity contribution is 5.76. The third kappa shape index (κ3) is 2.96. The first-order valence-electron chi connectivity index (χ1n) is 5.15. The summed E-state index contributed by atoms with van der Waals surface area (Å²) in [7, 11) is 0. The molecule has 0 aromatic rings. The smallest absolute Gasteiger partial charge is 0.222 e. The average Bonchev–Trinajstić information content (AvgIpc) is 2.46. The number of nitrogens with zero attached hydrogens (tertiary/aromatic N) is 1. The van der Waals surface area contributed by atoms with Gasteiger partial charge < -0.3 is 15.7 Å². The van der Waals surface area contributed by atoms with Crippen LogP contribution >= 0.6 is 0 Å². The quantitative estimate of drug-likeness (QED) is 0.671. The number of nitrogens with two attached hydrogens (primary N) is 1. The summed E-state index contributed by atoms with van der Waals surface area (Å²) in [5.41, 5.74) is 4.76. The number of amides is 1. The van der Waals surface area contributed by atoms with Crippen LogP contribution in [0.3, 0.4) is 0 Å². The Bertz CT molecular complexity index is 216. The Labute approximate surface area is 85.1 Å². The van der Waals surface area contributed by atoms with E-state index in [-0.39, 0.29) is 11.8 Å². The molecular formula is C10H20N2O2. The molecule has 82 valence electrons. The lowest BCUT2D eigenvalue weighted by molar-refractivity contribution is -0.131. The summed E-state index contributed by atoms with van der Waals surface area (Å²) in [6.45, 7) is 5.40. The predicted molar refractivity (Wildman–Crippen MR) is 54.7 cm³/mol. The van der Waals surface area contributed by atoms with E-state index in [1.807, 2.05) is 6.92 Å². The average molecular weight is 200 g/mol. The Hall–Kier alpha value is -0.610. The summed E-state index contributed by atoms with van der Waals surface area (Å²) < 4.78 is 0. The number of rotatable bonds is 3. The molecule has 1 fully saturated rings. The van der Waals surface area contributed by atoms with Crippen molar-refractivity contribution in [2.24, 2.45) is 11.7 Å². The third-order valence-electron chi connectivity index (χ3n) is 2.73. The van der Waals surface area contributed by atoms with Crippen molar-refractivity contribution in [3.8, 4) is 0 Å². The molecule has 2 unspecified atom stereocenters. The minimum atomic E-state index is -0.693. The van der Waals surface area contributed by atoms with Crippen LogP contribution in [-0.2, 0) is 4.79 Å². The van der Waals surface area contributed by atoms with Gasteiger partial charge in [-0.05, 0) is 25.8 Å². The third-order valence-corrected chi connectivity index (χ3v) is 2.73. The molecule has 0 spiro atoms. The molecular weight excluding hydrogens is 180 g/mol. The summed E-state index contributed by atoms with van der Waals surface area (Å²) in [6.07, 6.45) is 1.17. The van der Waals surface area contributed by atoms with Crippen LogP contribution < -0.4 is 5.73 Å². The Morgan fingerprint density at radius 3 is 2.79 bits per heavy atom. The summed E-state index contributed by atoms with van der Waals surface area (Å²) in [5, 5.41) is 9.69. The summed E-state index contributed by atoms with van der Waals surface area (Å²) in [4.78, 5) is 13.4. The number of carbonyl (C=O) groups is 1. The first-order chi connectivity index (χ1) is 6.44. The van der Waals surface area contributed by atoms with Crippen LogP contribution in [0.15, 0.2) is 0 Å². The lowest BCUT2D eigenvalue weighted by Gasteiger charge is -2.20. The molecule has 14 heavy (non-hydrogen) atoms. The van der Waals surface area contributed by atoms with E-state index >= 15 is 0 Å². The van der Waals surface area contributed by atoms with E-state index in [9.17, 15) is 9.90 Å². The topological polar surface area (TPSA) is 66.6 Å². The van der Waals surface area contributed by atoms with Crippen molar-refractivity contribution in [1.82, 2.24) is 4.90 Å². The van der Waals surface area contributed by atoms with E-state index in [1.165, 1.54) is 0 Å². The van der Waals surface area contributed by atoms with E-state index < -0.39 is 5.60 Å². The maximum atomic E-state index is 11.7. The Morgan fingerprint density at radius 1 is 1.71 bits per heavy atom. The Kier molecular flexibility index (Phi) is 3.50. The molecule has 0 bridgehead atoms. The second-order valence-electron chi connectivity index (χ2n) is 4.61. The summed E-state index contributed by atoms with van der Waals surface area (Å²) in [5.74, 6) is 0.341. The molecule has 1 heterocycles. The number of hydrogen-bond acceptors (Lipinski definition) is 3. The van der Waals surface area contributed by atoms with Crippen LogP contribution in [0.2, 0.25) is 0 Å². The molecule has 1 amide bonds. The van der Waals surface area contributed by atoms with Gasteiger partial charge in [0.2, 0.25) is 5.91 Å². The van der Waals surface area contributed by atoms with Crippen LogP contribution in [0, 0.1) is 5.92 Å². The monoisotopic (exact) mass is 200 g/mol. The SMILES string of the molecule is CC(CN)CC(=O)N1CCC(C)(O)C1.